The predicted octanol–water partition coefficient (Wildman–Crippen LogP) is 1.63. The maximum absolute atomic E-state index is 11.8. The second-order valence-electron chi connectivity index (χ2n) is 7.09. The van der Waals surface area contributed by atoms with Crippen molar-refractivity contribution in [3.05, 3.63) is 23.8 Å². The minimum Gasteiger partial charge on any atom is -0.399 e. The summed E-state index contributed by atoms with van der Waals surface area (Å²) >= 11 is 0. The van der Waals surface area contributed by atoms with Crippen LogP contribution in [0.5, 0.6) is 0 Å². The second-order valence-corrected chi connectivity index (χ2v) is 7.09. The lowest BCUT2D eigenvalue weighted by Gasteiger charge is -2.32. The van der Waals surface area contributed by atoms with Gasteiger partial charge in [-0.15, -0.1) is 0 Å². The zero-order chi connectivity index (χ0) is 16.7. The number of benzene rings is 1. The van der Waals surface area contributed by atoms with E-state index >= 15 is 0 Å². The fraction of sp³-hybridized carbons (Fsp3) is 0.588. The van der Waals surface area contributed by atoms with E-state index in [0.29, 0.717) is 18.8 Å². The summed E-state index contributed by atoms with van der Waals surface area (Å²) in [4.78, 5) is 14.0. The first-order valence-corrected chi connectivity index (χ1v) is 8.12. The highest BCUT2D eigenvalue weighted by Gasteiger charge is 2.52. The second kappa shape index (κ2) is 5.93. The van der Waals surface area contributed by atoms with E-state index in [1.807, 2.05) is 45.9 Å². The Bertz CT molecular complexity index is 580. The zero-order valence-corrected chi connectivity index (χ0v) is 14.3. The molecular formula is C17H24BNO4. The van der Waals surface area contributed by atoms with Crippen molar-refractivity contribution in [1.29, 1.82) is 0 Å². The normalized spacial score (nSPS) is 23.1. The smallest absolute Gasteiger partial charge is 0.399 e. The molecule has 2 saturated heterocycles. The van der Waals surface area contributed by atoms with Gasteiger partial charge in [-0.1, -0.05) is 12.1 Å². The first-order valence-electron chi connectivity index (χ1n) is 8.12. The lowest BCUT2D eigenvalue weighted by atomic mass is 9.75. The third-order valence-corrected chi connectivity index (χ3v) is 5.09. The SMILES string of the molecule is CC1(C)OB(c2cccc(N3CCOCC3)c2C=O)OC1(C)C. The Balaban J connectivity index is 1.96. The van der Waals surface area contributed by atoms with Crippen LogP contribution in [-0.4, -0.2) is 50.9 Å². The third kappa shape index (κ3) is 2.91. The van der Waals surface area contributed by atoms with Crippen LogP contribution in [0.2, 0.25) is 0 Å². The molecule has 0 amide bonds. The minimum absolute atomic E-state index is 0.424. The van der Waals surface area contributed by atoms with Crippen LogP contribution in [0.15, 0.2) is 18.2 Å². The highest BCUT2D eigenvalue weighted by Crippen LogP contribution is 2.37. The topological polar surface area (TPSA) is 48.0 Å². The average molecular weight is 317 g/mol. The van der Waals surface area contributed by atoms with Crippen molar-refractivity contribution in [2.75, 3.05) is 31.2 Å². The standard InChI is InChI=1S/C17H24BNO4/c1-16(2)17(3,4)23-18(22-16)14-6-5-7-15(13(14)12-20)19-8-10-21-11-9-19/h5-7,12H,8-11H2,1-4H3. The van der Waals surface area contributed by atoms with Crippen LogP contribution >= 0.6 is 0 Å². The number of rotatable bonds is 3. The third-order valence-electron chi connectivity index (χ3n) is 5.09. The molecular weight excluding hydrogens is 293 g/mol. The zero-order valence-electron chi connectivity index (χ0n) is 14.3. The fourth-order valence-corrected chi connectivity index (χ4v) is 2.95. The Kier molecular flexibility index (Phi) is 4.25. The molecule has 5 nitrogen and oxygen atoms in total. The number of ether oxygens (including phenoxy) is 1. The van der Waals surface area contributed by atoms with Crippen molar-refractivity contribution >= 4 is 24.6 Å². The maximum atomic E-state index is 11.8. The average Bonchev–Trinajstić information content (AvgIpc) is 2.75. The number of hydrogen-bond acceptors (Lipinski definition) is 5. The van der Waals surface area contributed by atoms with Crippen LogP contribution in [0.1, 0.15) is 38.1 Å². The molecule has 0 N–H and O–H groups in total. The van der Waals surface area contributed by atoms with Crippen molar-refractivity contribution in [2.45, 2.75) is 38.9 Å². The number of carbonyl (C=O) groups excluding carboxylic acids is 1. The van der Waals surface area contributed by atoms with Gasteiger partial charge < -0.3 is 18.9 Å². The molecule has 6 heteroatoms. The largest absolute Gasteiger partial charge is 0.495 e. The molecule has 1 aromatic rings. The van der Waals surface area contributed by atoms with Crippen molar-refractivity contribution in [3.63, 3.8) is 0 Å². The summed E-state index contributed by atoms with van der Waals surface area (Å²) in [7, 11) is -0.527. The summed E-state index contributed by atoms with van der Waals surface area (Å²) in [5.41, 5.74) is 1.52. The lowest BCUT2D eigenvalue weighted by Crippen LogP contribution is -2.41. The van der Waals surface area contributed by atoms with Crippen molar-refractivity contribution in [2.24, 2.45) is 0 Å². The van der Waals surface area contributed by atoms with Crippen LogP contribution in [0, 0.1) is 0 Å². The summed E-state index contributed by atoms with van der Waals surface area (Å²) in [6.07, 6.45) is 0.908. The van der Waals surface area contributed by atoms with Gasteiger partial charge in [-0.2, -0.15) is 0 Å². The Morgan fingerprint density at radius 2 is 1.70 bits per heavy atom. The van der Waals surface area contributed by atoms with Crippen LogP contribution in [-0.2, 0) is 14.0 Å². The summed E-state index contributed by atoms with van der Waals surface area (Å²) in [6.45, 7) is 11.0. The molecule has 3 rings (SSSR count). The molecule has 0 aromatic heterocycles. The molecule has 0 aliphatic carbocycles. The molecule has 0 bridgehead atoms. The fourth-order valence-electron chi connectivity index (χ4n) is 2.95. The number of aldehydes is 1. The Labute approximate surface area is 138 Å². The van der Waals surface area contributed by atoms with Crippen molar-refractivity contribution in [1.82, 2.24) is 0 Å². The molecule has 0 atom stereocenters. The van der Waals surface area contributed by atoms with Gasteiger partial charge in [-0.05, 0) is 39.2 Å². The molecule has 0 saturated carbocycles. The Morgan fingerprint density at radius 1 is 1.09 bits per heavy atom. The van der Waals surface area contributed by atoms with Gasteiger partial charge in [-0.25, -0.2) is 0 Å². The molecule has 23 heavy (non-hydrogen) atoms. The molecule has 2 aliphatic rings. The van der Waals surface area contributed by atoms with E-state index < -0.39 is 18.3 Å². The van der Waals surface area contributed by atoms with E-state index in [1.54, 1.807) is 0 Å². The van der Waals surface area contributed by atoms with Crippen molar-refractivity contribution in [3.8, 4) is 0 Å². The van der Waals surface area contributed by atoms with E-state index in [2.05, 4.69) is 4.90 Å². The lowest BCUT2D eigenvalue weighted by molar-refractivity contribution is 0.00578. The molecule has 1 aromatic carbocycles. The summed E-state index contributed by atoms with van der Waals surface area (Å²) < 4.78 is 17.6. The minimum atomic E-state index is -0.527. The predicted molar refractivity (Wildman–Crippen MR) is 90.6 cm³/mol. The first kappa shape index (κ1) is 16.5. The van der Waals surface area contributed by atoms with E-state index in [1.165, 1.54) is 0 Å². The van der Waals surface area contributed by atoms with Gasteiger partial charge in [-0.3, -0.25) is 4.79 Å². The van der Waals surface area contributed by atoms with Gasteiger partial charge in [0, 0.05) is 24.3 Å². The summed E-state index contributed by atoms with van der Waals surface area (Å²) in [6, 6.07) is 5.85. The van der Waals surface area contributed by atoms with E-state index in [9.17, 15) is 4.79 Å². The van der Waals surface area contributed by atoms with Gasteiger partial charge >= 0.3 is 7.12 Å². The van der Waals surface area contributed by atoms with Gasteiger partial charge in [0.1, 0.15) is 0 Å². The molecule has 2 aliphatic heterocycles. The van der Waals surface area contributed by atoms with E-state index in [-0.39, 0.29) is 0 Å². The van der Waals surface area contributed by atoms with Crippen LogP contribution < -0.4 is 10.4 Å². The van der Waals surface area contributed by atoms with E-state index in [0.717, 1.165) is 30.5 Å². The molecule has 0 unspecified atom stereocenters. The Hall–Kier alpha value is -1.37. The monoisotopic (exact) mass is 317 g/mol. The molecule has 0 radical (unpaired) electrons. The molecule has 2 heterocycles. The molecule has 0 spiro atoms. The number of hydrogen-bond donors (Lipinski definition) is 0. The van der Waals surface area contributed by atoms with E-state index in [4.69, 9.17) is 14.0 Å². The number of carbonyl (C=O) groups is 1. The van der Waals surface area contributed by atoms with Crippen LogP contribution in [0.4, 0.5) is 5.69 Å². The molecule has 124 valence electrons. The van der Waals surface area contributed by atoms with Gasteiger partial charge in [0.15, 0.2) is 6.29 Å². The number of morpholine rings is 1. The van der Waals surface area contributed by atoms with Gasteiger partial charge in [0.25, 0.3) is 0 Å². The Morgan fingerprint density at radius 3 is 2.26 bits per heavy atom. The highest BCUT2D eigenvalue weighted by molar-refractivity contribution is 6.63. The summed E-state index contributed by atoms with van der Waals surface area (Å²) in [5.74, 6) is 0. The van der Waals surface area contributed by atoms with Crippen molar-refractivity contribution < 1.29 is 18.8 Å². The van der Waals surface area contributed by atoms with Gasteiger partial charge in [0.05, 0.1) is 24.4 Å². The van der Waals surface area contributed by atoms with Crippen LogP contribution in [0.25, 0.3) is 0 Å². The maximum Gasteiger partial charge on any atom is 0.495 e. The molecule has 2 fully saturated rings. The summed E-state index contributed by atoms with van der Waals surface area (Å²) in [5, 5.41) is 0. The number of anilines is 1. The first-order chi connectivity index (χ1) is 10.9. The number of nitrogens with zero attached hydrogens (tertiary/aromatic N) is 1. The van der Waals surface area contributed by atoms with Gasteiger partial charge in [0.2, 0.25) is 0 Å². The quantitative estimate of drug-likeness (QED) is 0.626. The van der Waals surface area contributed by atoms with Crippen LogP contribution in [0.3, 0.4) is 0 Å². The highest BCUT2D eigenvalue weighted by atomic mass is 16.7.